The van der Waals surface area contributed by atoms with E-state index in [-0.39, 0.29) is 24.1 Å². The van der Waals surface area contributed by atoms with E-state index in [1.54, 1.807) is 6.92 Å². The number of benzene rings is 1. The van der Waals surface area contributed by atoms with Crippen LogP contribution in [0.1, 0.15) is 38.8 Å². The van der Waals surface area contributed by atoms with Crippen LogP contribution in [0.3, 0.4) is 0 Å². The summed E-state index contributed by atoms with van der Waals surface area (Å²) in [6.45, 7) is 5.40. The van der Waals surface area contributed by atoms with Crippen LogP contribution in [0.4, 0.5) is 13.6 Å². The van der Waals surface area contributed by atoms with E-state index in [0.29, 0.717) is 6.42 Å². The first-order chi connectivity index (χ1) is 9.86. The average Bonchev–Trinajstić information content (AvgIpc) is 2.41. The minimum atomic E-state index is -0.957. The normalized spacial score (nSPS) is 13.9. The maximum absolute atomic E-state index is 13.6. The Balaban J connectivity index is 2.67. The molecule has 1 aromatic carbocycles. The second kappa shape index (κ2) is 7.93. The number of aliphatic hydroxyl groups excluding tert-OH is 1. The van der Waals surface area contributed by atoms with E-state index in [0.717, 1.165) is 6.07 Å². The quantitative estimate of drug-likeness (QED) is 0.756. The predicted octanol–water partition coefficient (Wildman–Crippen LogP) is 2.73. The van der Waals surface area contributed by atoms with Crippen LogP contribution in [0.2, 0.25) is 0 Å². The Kier molecular flexibility index (Phi) is 6.55. The zero-order valence-corrected chi connectivity index (χ0v) is 12.5. The van der Waals surface area contributed by atoms with Crippen LogP contribution in [-0.2, 0) is 0 Å². The highest BCUT2D eigenvalue weighted by atomic mass is 19.2. The maximum Gasteiger partial charge on any atom is 0.315 e. The molecule has 0 saturated carbocycles. The van der Waals surface area contributed by atoms with Gasteiger partial charge in [-0.05, 0) is 25.3 Å². The highest BCUT2D eigenvalue weighted by Crippen LogP contribution is 2.18. The molecule has 21 heavy (non-hydrogen) atoms. The summed E-state index contributed by atoms with van der Waals surface area (Å²) in [7, 11) is 0. The topological polar surface area (TPSA) is 61.4 Å². The van der Waals surface area contributed by atoms with Crippen molar-refractivity contribution in [2.45, 2.75) is 39.3 Å². The van der Waals surface area contributed by atoms with E-state index in [4.69, 9.17) is 5.11 Å². The lowest BCUT2D eigenvalue weighted by Gasteiger charge is -2.23. The molecule has 0 aliphatic rings. The Morgan fingerprint density at radius 2 is 1.90 bits per heavy atom. The Morgan fingerprint density at radius 1 is 1.24 bits per heavy atom. The lowest BCUT2D eigenvalue weighted by Crippen LogP contribution is -2.45. The zero-order valence-electron chi connectivity index (χ0n) is 12.5. The van der Waals surface area contributed by atoms with Crippen LogP contribution < -0.4 is 10.6 Å². The molecule has 0 saturated heterocycles. The number of hydrogen-bond acceptors (Lipinski definition) is 2. The van der Waals surface area contributed by atoms with Crippen molar-refractivity contribution in [1.29, 1.82) is 0 Å². The maximum atomic E-state index is 13.6. The van der Waals surface area contributed by atoms with E-state index in [9.17, 15) is 13.6 Å². The van der Waals surface area contributed by atoms with Crippen LogP contribution >= 0.6 is 0 Å². The van der Waals surface area contributed by atoms with Gasteiger partial charge in [-0.1, -0.05) is 26.0 Å². The summed E-state index contributed by atoms with van der Waals surface area (Å²) in [5.41, 5.74) is 0.0911. The minimum absolute atomic E-state index is 0.0306. The molecule has 0 aliphatic carbocycles. The molecule has 0 spiro atoms. The Bertz CT molecular complexity index is 481. The fourth-order valence-electron chi connectivity index (χ4n) is 2.05. The van der Waals surface area contributed by atoms with Gasteiger partial charge in [0.25, 0.3) is 0 Å². The van der Waals surface area contributed by atoms with Gasteiger partial charge < -0.3 is 15.7 Å². The first-order valence-corrected chi connectivity index (χ1v) is 6.98. The van der Waals surface area contributed by atoms with Crippen LogP contribution in [0, 0.1) is 17.6 Å². The molecule has 6 heteroatoms. The van der Waals surface area contributed by atoms with Crippen molar-refractivity contribution < 1.29 is 18.7 Å². The molecular formula is C15H22F2N2O2. The van der Waals surface area contributed by atoms with Crippen molar-refractivity contribution in [1.82, 2.24) is 10.6 Å². The highest BCUT2D eigenvalue weighted by molar-refractivity contribution is 5.74. The Morgan fingerprint density at radius 3 is 2.48 bits per heavy atom. The Labute approximate surface area is 123 Å². The van der Waals surface area contributed by atoms with Gasteiger partial charge in [0.05, 0.1) is 6.04 Å². The number of amides is 2. The fraction of sp³-hybridized carbons (Fsp3) is 0.533. The largest absolute Gasteiger partial charge is 0.396 e. The third kappa shape index (κ3) is 4.97. The van der Waals surface area contributed by atoms with Crippen molar-refractivity contribution in [3.05, 3.63) is 35.4 Å². The van der Waals surface area contributed by atoms with Gasteiger partial charge in [-0.15, -0.1) is 0 Å². The summed E-state index contributed by atoms with van der Waals surface area (Å²) < 4.78 is 26.8. The van der Waals surface area contributed by atoms with Crippen LogP contribution in [0.25, 0.3) is 0 Å². The molecular weight excluding hydrogens is 278 g/mol. The molecule has 0 radical (unpaired) electrons. The van der Waals surface area contributed by atoms with Gasteiger partial charge in [0.1, 0.15) is 0 Å². The third-order valence-corrected chi connectivity index (χ3v) is 3.36. The number of hydrogen-bond donors (Lipinski definition) is 3. The van der Waals surface area contributed by atoms with Crippen LogP contribution in [0.15, 0.2) is 18.2 Å². The molecule has 0 aliphatic heterocycles. The third-order valence-electron chi connectivity index (χ3n) is 3.36. The first-order valence-electron chi connectivity index (χ1n) is 6.98. The van der Waals surface area contributed by atoms with Crippen molar-refractivity contribution in [3.8, 4) is 0 Å². The first kappa shape index (κ1) is 17.4. The number of nitrogens with one attached hydrogen (secondary N) is 2. The van der Waals surface area contributed by atoms with Crippen molar-refractivity contribution in [2.75, 3.05) is 6.61 Å². The van der Waals surface area contributed by atoms with Gasteiger partial charge in [0.15, 0.2) is 11.6 Å². The number of halogens is 2. The molecule has 2 unspecified atom stereocenters. The van der Waals surface area contributed by atoms with E-state index in [1.165, 1.54) is 12.1 Å². The zero-order chi connectivity index (χ0) is 16.0. The molecule has 4 nitrogen and oxygen atoms in total. The van der Waals surface area contributed by atoms with Gasteiger partial charge >= 0.3 is 6.03 Å². The van der Waals surface area contributed by atoms with Gasteiger partial charge in [0.2, 0.25) is 0 Å². The SMILES string of the molecule is CC(NC(=O)NC(CCO)C(C)C)c1cccc(F)c1F. The van der Waals surface area contributed by atoms with E-state index in [2.05, 4.69) is 10.6 Å². The smallest absolute Gasteiger partial charge is 0.315 e. The molecule has 1 rings (SSSR count). The van der Waals surface area contributed by atoms with Crippen molar-refractivity contribution in [2.24, 2.45) is 5.92 Å². The number of carbonyl (C=O) groups is 1. The number of aliphatic hydroxyl groups is 1. The molecule has 0 aromatic heterocycles. The van der Waals surface area contributed by atoms with E-state index in [1.807, 2.05) is 13.8 Å². The lowest BCUT2D eigenvalue weighted by atomic mass is 10.0. The molecule has 0 heterocycles. The Hall–Kier alpha value is -1.69. The van der Waals surface area contributed by atoms with Crippen molar-refractivity contribution in [3.63, 3.8) is 0 Å². The summed E-state index contributed by atoms with van der Waals surface area (Å²) in [5, 5.41) is 14.3. The predicted molar refractivity (Wildman–Crippen MR) is 76.8 cm³/mol. The molecule has 0 bridgehead atoms. The minimum Gasteiger partial charge on any atom is -0.396 e. The summed E-state index contributed by atoms with van der Waals surface area (Å²) in [6.07, 6.45) is 0.438. The van der Waals surface area contributed by atoms with Gasteiger partial charge in [-0.3, -0.25) is 0 Å². The van der Waals surface area contributed by atoms with Crippen LogP contribution in [-0.4, -0.2) is 23.8 Å². The summed E-state index contributed by atoms with van der Waals surface area (Å²) >= 11 is 0. The summed E-state index contributed by atoms with van der Waals surface area (Å²) in [4.78, 5) is 11.9. The lowest BCUT2D eigenvalue weighted by molar-refractivity contribution is 0.216. The second-order valence-corrected chi connectivity index (χ2v) is 5.35. The molecule has 118 valence electrons. The summed E-state index contributed by atoms with van der Waals surface area (Å²) in [6, 6.07) is 2.53. The molecule has 1 aromatic rings. The molecule has 2 amide bonds. The molecule has 3 N–H and O–H groups in total. The van der Waals surface area contributed by atoms with Crippen LogP contribution in [0.5, 0.6) is 0 Å². The molecule has 2 atom stereocenters. The molecule has 0 fully saturated rings. The van der Waals surface area contributed by atoms with Gasteiger partial charge in [-0.2, -0.15) is 0 Å². The van der Waals surface area contributed by atoms with E-state index < -0.39 is 23.7 Å². The van der Waals surface area contributed by atoms with Gasteiger partial charge in [0, 0.05) is 18.2 Å². The van der Waals surface area contributed by atoms with Gasteiger partial charge in [-0.25, -0.2) is 13.6 Å². The monoisotopic (exact) mass is 300 g/mol. The number of rotatable bonds is 6. The second-order valence-electron chi connectivity index (χ2n) is 5.35. The summed E-state index contributed by atoms with van der Waals surface area (Å²) in [5.74, 6) is -1.74. The highest BCUT2D eigenvalue weighted by Gasteiger charge is 2.19. The average molecular weight is 300 g/mol. The van der Waals surface area contributed by atoms with E-state index >= 15 is 0 Å². The van der Waals surface area contributed by atoms with Crippen molar-refractivity contribution >= 4 is 6.03 Å². The standard InChI is InChI=1S/C15H22F2N2O2/c1-9(2)13(7-8-20)19-15(21)18-10(3)11-5-4-6-12(16)14(11)17/h4-6,9-10,13,20H,7-8H2,1-3H3,(H2,18,19,21). The number of urea groups is 1. The fourth-order valence-corrected chi connectivity index (χ4v) is 2.05. The number of carbonyl (C=O) groups excluding carboxylic acids is 1.